The maximum Gasteiger partial charge on any atom is 0.356 e. The smallest absolute Gasteiger partial charge is 0.356 e. The first kappa shape index (κ1) is 13.5. The second kappa shape index (κ2) is 4.39. The maximum atomic E-state index is 11.0. The Kier molecular flexibility index (Phi) is 2.69. The molecule has 0 amide bonds. The predicted octanol–water partition coefficient (Wildman–Crippen LogP) is 3.09. The molecule has 1 aliphatic carbocycles. The van der Waals surface area contributed by atoms with Gasteiger partial charge in [-0.15, -0.1) is 0 Å². The quantitative estimate of drug-likeness (QED) is 0.920. The van der Waals surface area contributed by atoms with Crippen molar-refractivity contribution in [3.63, 3.8) is 0 Å². The summed E-state index contributed by atoms with van der Waals surface area (Å²) in [7, 11) is 1.68. The summed E-state index contributed by atoms with van der Waals surface area (Å²) in [6.07, 6.45) is 2.81. The molecular weight excluding hydrogens is 308 g/mol. The van der Waals surface area contributed by atoms with Crippen molar-refractivity contribution >= 4 is 17.6 Å². The molecule has 0 bridgehead atoms. The van der Waals surface area contributed by atoms with Gasteiger partial charge in [0.2, 0.25) is 0 Å². The van der Waals surface area contributed by atoms with Crippen LogP contribution in [0.1, 0.15) is 29.8 Å². The third kappa shape index (κ3) is 1.87. The minimum Gasteiger partial charge on any atom is -0.476 e. The van der Waals surface area contributed by atoms with Crippen molar-refractivity contribution in [2.75, 3.05) is 0 Å². The summed E-state index contributed by atoms with van der Waals surface area (Å²) in [6, 6.07) is 4.99. The number of nitrogens with zero attached hydrogens (tertiary/aromatic N) is 2. The molecule has 6 nitrogen and oxygen atoms in total. The van der Waals surface area contributed by atoms with Gasteiger partial charge in [0.15, 0.2) is 17.2 Å². The first-order chi connectivity index (χ1) is 10.5. The number of hydrogen-bond acceptors (Lipinski definition) is 4. The van der Waals surface area contributed by atoms with Crippen molar-refractivity contribution in [2.24, 2.45) is 7.05 Å². The zero-order valence-corrected chi connectivity index (χ0v) is 12.6. The van der Waals surface area contributed by atoms with E-state index in [4.69, 9.17) is 26.2 Å². The minimum atomic E-state index is -1.08. The van der Waals surface area contributed by atoms with Crippen LogP contribution in [-0.2, 0) is 7.05 Å². The molecule has 2 aromatic rings. The highest BCUT2D eigenvalue weighted by molar-refractivity contribution is 6.33. The molecular formula is C15H13ClN2O4. The van der Waals surface area contributed by atoms with Crippen molar-refractivity contribution < 1.29 is 19.4 Å². The molecule has 0 radical (unpaired) electrons. The Labute approximate surface area is 131 Å². The Morgan fingerprint density at radius 3 is 2.55 bits per heavy atom. The van der Waals surface area contributed by atoms with E-state index in [9.17, 15) is 4.79 Å². The van der Waals surface area contributed by atoms with Gasteiger partial charge in [-0.1, -0.05) is 11.6 Å². The van der Waals surface area contributed by atoms with Crippen molar-refractivity contribution in [3.05, 3.63) is 28.9 Å². The Bertz CT molecular complexity index is 795. The first-order valence-electron chi connectivity index (χ1n) is 6.97. The third-order valence-corrected chi connectivity index (χ3v) is 4.43. The Balaban J connectivity index is 1.78. The highest BCUT2D eigenvalue weighted by atomic mass is 35.5. The molecule has 7 heteroatoms. The van der Waals surface area contributed by atoms with Gasteiger partial charge in [0, 0.05) is 31.5 Å². The zero-order chi connectivity index (χ0) is 15.5. The topological polar surface area (TPSA) is 73.6 Å². The summed E-state index contributed by atoms with van der Waals surface area (Å²) in [5, 5.41) is 13.5. The average molecular weight is 321 g/mol. The molecule has 2 heterocycles. The molecule has 1 fully saturated rings. The fraction of sp³-hybridized carbons (Fsp3) is 0.333. The molecule has 1 N–H and O–H groups in total. The lowest BCUT2D eigenvalue weighted by Gasteiger charge is -2.35. The van der Waals surface area contributed by atoms with Gasteiger partial charge in [0.25, 0.3) is 5.79 Å². The molecule has 22 heavy (non-hydrogen) atoms. The highest BCUT2D eigenvalue weighted by Gasteiger charge is 2.47. The van der Waals surface area contributed by atoms with E-state index in [1.807, 2.05) is 0 Å². The lowest BCUT2D eigenvalue weighted by Crippen LogP contribution is -2.45. The number of fused-ring (bicyclic) bond motifs is 1. The number of carboxylic acid groups (broad SMARTS) is 1. The second-order valence-electron chi connectivity index (χ2n) is 5.59. The molecule has 0 unspecified atom stereocenters. The van der Waals surface area contributed by atoms with Crippen LogP contribution in [0.3, 0.4) is 0 Å². The van der Waals surface area contributed by atoms with Crippen LogP contribution in [0.5, 0.6) is 11.5 Å². The van der Waals surface area contributed by atoms with Gasteiger partial charge in [0.05, 0.1) is 10.7 Å². The number of aromatic carboxylic acids is 1. The van der Waals surface area contributed by atoms with Crippen molar-refractivity contribution in [2.45, 2.75) is 25.0 Å². The zero-order valence-electron chi connectivity index (χ0n) is 11.8. The van der Waals surface area contributed by atoms with E-state index >= 15 is 0 Å². The van der Waals surface area contributed by atoms with Crippen LogP contribution < -0.4 is 9.47 Å². The van der Waals surface area contributed by atoms with E-state index in [0.717, 1.165) is 19.3 Å². The van der Waals surface area contributed by atoms with Gasteiger partial charge in [-0.25, -0.2) is 4.79 Å². The van der Waals surface area contributed by atoms with E-state index < -0.39 is 11.8 Å². The van der Waals surface area contributed by atoms with Crippen molar-refractivity contribution in [1.29, 1.82) is 0 Å². The van der Waals surface area contributed by atoms with E-state index in [-0.39, 0.29) is 5.69 Å². The van der Waals surface area contributed by atoms with E-state index in [1.54, 1.807) is 19.2 Å². The summed E-state index contributed by atoms with van der Waals surface area (Å²) >= 11 is 6.33. The Morgan fingerprint density at radius 2 is 2.00 bits per heavy atom. The molecule has 2 aliphatic rings. The van der Waals surface area contributed by atoms with Crippen molar-refractivity contribution in [3.8, 4) is 22.8 Å². The van der Waals surface area contributed by atoms with Crippen LogP contribution in [-0.4, -0.2) is 26.6 Å². The molecule has 1 saturated carbocycles. The van der Waals surface area contributed by atoms with Gasteiger partial charge < -0.3 is 14.6 Å². The lowest BCUT2D eigenvalue weighted by atomic mass is 9.91. The predicted molar refractivity (Wildman–Crippen MR) is 78.5 cm³/mol. The van der Waals surface area contributed by atoms with Gasteiger partial charge in [-0.3, -0.25) is 4.68 Å². The standard InChI is InChI=1S/C15H13ClN2O4/c1-18-11(7-10(17-18)14(19)20)8-5-12-13(6-9(8)16)22-15(21-12)3-2-4-15/h5-7H,2-4H2,1H3,(H,19,20). The second-order valence-corrected chi connectivity index (χ2v) is 6.00. The number of benzene rings is 1. The van der Waals surface area contributed by atoms with E-state index in [0.29, 0.717) is 27.8 Å². The number of aromatic nitrogens is 2. The van der Waals surface area contributed by atoms with Crippen molar-refractivity contribution in [1.82, 2.24) is 9.78 Å². The number of rotatable bonds is 2. The van der Waals surface area contributed by atoms with E-state index in [2.05, 4.69) is 5.10 Å². The van der Waals surface area contributed by atoms with Crippen LogP contribution in [0.15, 0.2) is 18.2 Å². The lowest BCUT2D eigenvalue weighted by molar-refractivity contribution is -0.138. The molecule has 1 aliphatic heterocycles. The SMILES string of the molecule is Cn1nc(C(=O)O)cc1-c1cc2c(cc1Cl)OC1(CCC1)O2. The Morgan fingerprint density at radius 1 is 1.32 bits per heavy atom. The van der Waals surface area contributed by atoms with Crippen LogP contribution in [0.4, 0.5) is 0 Å². The largest absolute Gasteiger partial charge is 0.476 e. The number of hydrogen-bond donors (Lipinski definition) is 1. The molecule has 1 aromatic heterocycles. The van der Waals surface area contributed by atoms with Gasteiger partial charge in [-0.05, 0) is 18.6 Å². The van der Waals surface area contributed by atoms with Crippen LogP contribution in [0, 0.1) is 0 Å². The minimum absolute atomic E-state index is 0.0262. The van der Waals surface area contributed by atoms with Crippen LogP contribution in [0.2, 0.25) is 5.02 Å². The molecule has 1 aromatic carbocycles. The van der Waals surface area contributed by atoms with Gasteiger partial charge in [-0.2, -0.15) is 5.10 Å². The van der Waals surface area contributed by atoms with Gasteiger partial charge >= 0.3 is 5.97 Å². The van der Waals surface area contributed by atoms with Gasteiger partial charge in [0.1, 0.15) is 0 Å². The molecule has 0 saturated heterocycles. The highest BCUT2D eigenvalue weighted by Crippen LogP contribution is 2.50. The number of halogens is 1. The molecule has 4 rings (SSSR count). The molecule has 114 valence electrons. The number of carboxylic acids is 1. The van der Waals surface area contributed by atoms with E-state index in [1.165, 1.54) is 10.7 Å². The Hall–Kier alpha value is -2.21. The number of carbonyl (C=O) groups is 1. The fourth-order valence-electron chi connectivity index (χ4n) is 2.81. The van der Waals surface area contributed by atoms with Crippen LogP contribution in [0.25, 0.3) is 11.3 Å². The summed E-state index contributed by atoms with van der Waals surface area (Å²) in [6.45, 7) is 0. The summed E-state index contributed by atoms with van der Waals surface area (Å²) in [4.78, 5) is 11.0. The summed E-state index contributed by atoms with van der Waals surface area (Å²) < 4.78 is 13.3. The monoisotopic (exact) mass is 320 g/mol. The fourth-order valence-corrected chi connectivity index (χ4v) is 3.06. The normalized spacial score (nSPS) is 17.5. The summed E-state index contributed by atoms with van der Waals surface area (Å²) in [5.74, 6) is -0.332. The summed E-state index contributed by atoms with van der Waals surface area (Å²) in [5.41, 5.74) is 1.26. The van der Waals surface area contributed by atoms with Crippen LogP contribution >= 0.6 is 11.6 Å². The number of aryl methyl sites for hydroxylation is 1. The maximum absolute atomic E-state index is 11.0. The molecule has 1 spiro atoms. The third-order valence-electron chi connectivity index (χ3n) is 4.12. The first-order valence-corrected chi connectivity index (χ1v) is 7.34. The molecule has 0 atom stereocenters. The number of ether oxygens (including phenoxy) is 2. The average Bonchev–Trinajstić information content (AvgIpc) is 2.98.